The SMILES string of the molecule is O=C(CCc1ccc(F)cc1)Nc1ccc(C(=O)N2CCc3ccccc32)cc1. The Bertz CT molecular complexity index is 1030. The number of halogens is 1. The monoisotopic (exact) mass is 388 g/mol. The quantitative estimate of drug-likeness (QED) is 0.694. The van der Waals surface area contributed by atoms with Crippen molar-refractivity contribution >= 4 is 23.2 Å². The number of amides is 2. The third kappa shape index (κ3) is 4.35. The van der Waals surface area contributed by atoms with Gasteiger partial charge in [0.2, 0.25) is 5.91 Å². The summed E-state index contributed by atoms with van der Waals surface area (Å²) in [6.45, 7) is 0.681. The first kappa shape index (κ1) is 18.9. The van der Waals surface area contributed by atoms with Crippen molar-refractivity contribution in [1.82, 2.24) is 0 Å². The van der Waals surface area contributed by atoms with Crippen LogP contribution in [0.15, 0.2) is 72.8 Å². The van der Waals surface area contributed by atoms with E-state index in [1.165, 1.54) is 17.7 Å². The lowest BCUT2D eigenvalue weighted by atomic mass is 10.1. The summed E-state index contributed by atoms with van der Waals surface area (Å²) in [5.41, 5.74) is 4.30. The lowest BCUT2D eigenvalue weighted by molar-refractivity contribution is -0.116. The fourth-order valence-electron chi connectivity index (χ4n) is 3.53. The normalized spacial score (nSPS) is 12.5. The first-order valence-corrected chi connectivity index (χ1v) is 9.64. The highest BCUT2D eigenvalue weighted by Gasteiger charge is 2.24. The molecule has 4 rings (SSSR count). The molecule has 0 fully saturated rings. The molecule has 3 aromatic carbocycles. The van der Waals surface area contributed by atoms with Crippen molar-refractivity contribution in [3.63, 3.8) is 0 Å². The van der Waals surface area contributed by atoms with Crippen molar-refractivity contribution in [1.29, 1.82) is 0 Å². The van der Waals surface area contributed by atoms with Gasteiger partial charge in [-0.05, 0) is 66.4 Å². The summed E-state index contributed by atoms with van der Waals surface area (Å²) < 4.78 is 12.9. The maximum Gasteiger partial charge on any atom is 0.258 e. The van der Waals surface area contributed by atoms with Crippen LogP contribution in [0.1, 0.15) is 27.9 Å². The molecule has 0 saturated carbocycles. The minimum Gasteiger partial charge on any atom is -0.326 e. The summed E-state index contributed by atoms with van der Waals surface area (Å²) in [6, 6.07) is 21.0. The number of nitrogens with zero attached hydrogens (tertiary/aromatic N) is 1. The van der Waals surface area contributed by atoms with Gasteiger partial charge in [0.15, 0.2) is 0 Å². The van der Waals surface area contributed by atoms with Gasteiger partial charge in [0, 0.05) is 29.9 Å². The van der Waals surface area contributed by atoms with Crippen LogP contribution in [-0.2, 0) is 17.6 Å². The molecule has 29 heavy (non-hydrogen) atoms. The number of para-hydroxylation sites is 1. The third-order valence-electron chi connectivity index (χ3n) is 5.10. The van der Waals surface area contributed by atoms with Gasteiger partial charge >= 0.3 is 0 Å². The van der Waals surface area contributed by atoms with E-state index in [1.54, 1.807) is 41.3 Å². The Balaban J connectivity index is 1.35. The first-order valence-electron chi connectivity index (χ1n) is 9.64. The molecule has 0 bridgehead atoms. The molecule has 0 radical (unpaired) electrons. The molecule has 1 aliphatic heterocycles. The van der Waals surface area contributed by atoms with E-state index in [1.807, 2.05) is 24.3 Å². The summed E-state index contributed by atoms with van der Waals surface area (Å²) in [5, 5.41) is 2.84. The molecule has 1 heterocycles. The predicted octanol–water partition coefficient (Wildman–Crippen LogP) is 4.60. The smallest absolute Gasteiger partial charge is 0.258 e. The Labute approximate surface area is 169 Å². The van der Waals surface area contributed by atoms with Crippen molar-refractivity contribution in [3.05, 3.63) is 95.3 Å². The van der Waals surface area contributed by atoms with Gasteiger partial charge in [-0.25, -0.2) is 4.39 Å². The van der Waals surface area contributed by atoms with Crippen molar-refractivity contribution < 1.29 is 14.0 Å². The van der Waals surface area contributed by atoms with Crippen LogP contribution in [0.3, 0.4) is 0 Å². The first-order chi connectivity index (χ1) is 14.1. The van der Waals surface area contributed by atoms with Crippen LogP contribution in [-0.4, -0.2) is 18.4 Å². The number of carbonyl (C=O) groups excluding carboxylic acids is 2. The lowest BCUT2D eigenvalue weighted by Gasteiger charge is -2.17. The summed E-state index contributed by atoms with van der Waals surface area (Å²) >= 11 is 0. The van der Waals surface area contributed by atoms with Crippen molar-refractivity contribution in [2.75, 3.05) is 16.8 Å². The topological polar surface area (TPSA) is 49.4 Å². The average molecular weight is 388 g/mol. The molecule has 0 aromatic heterocycles. The number of rotatable bonds is 5. The number of carbonyl (C=O) groups is 2. The van der Waals surface area contributed by atoms with E-state index < -0.39 is 0 Å². The molecule has 2 amide bonds. The third-order valence-corrected chi connectivity index (χ3v) is 5.10. The molecule has 146 valence electrons. The van der Waals surface area contributed by atoms with Crippen molar-refractivity contribution in [2.24, 2.45) is 0 Å². The number of anilines is 2. The van der Waals surface area contributed by atoms with Crippen LogP contribution in [0.5, 0.6) is 0 Å². The lowest BCUT2D eigenvalue weighted by Crippen LogP contribution is -2.28. The van der Waals surface area contributed by atoms with Crippen LogP contribution < -0.4 is 10.2 Å². The highest BCUT2D eigenvalue weighted by molar-refractivity contribution is 6.07. The predicted molar refractivity (Wildman–Crippen MR) is 112 cm³/mol. The molecular formula is C24H21FN2O2. The average Bonchev–Trinajstić information content (AvgIpc) is 3.17. The molecule has 0 aliphatic carbocycles. The number of hydrogen-bond acceptors (Lipinski definition) is 2. The molecule has 1 N–H and O–H groups in total. The van der Waals surface area contributed by atoms with Gasteiger partial charge in [0.1, 0.15) is 5.82 Å². The number of nitrogens with one attached hydrogen (secondary N) is 1. The van der Waals surface area contributed by atoms with Crippen LogP contribution >= 0.6 is 0 Å². The molecule has 0 unspecified atom stereocenters. The summed E-state index contributed by atoms with van der Waals surface area (Å²) in [6.07, 6.45) is 1.71. The van der Waals surface area contributed by atoms with E-state index in [-0.39, 0.29) is 17.6 Å². The number of benzene rings is 3. The number of fused-ring (bicyclic) bond motifs is 1. The van der Waals surface area contributed by atoms with E-state index in [0.29, 0.717) is 30.6 Å². The Morgan fingerprint density at radius 3 is 2.41 bits per heavy atom. The zero-order valence-electron chi connectivity index (χ0n) is 15.9. The highest BCUT2D eigenvalue weighted by Crippen LogP contribution is 2.29. The highest BCUT2D eigenvalue weighted by atomic mass is 19.1. The van der Waals surface area contributed by atoms with Gasteiger partial charge in [-0.2, -0.15) is 0 Å². The summed E-state index contributed by atoms with van der Waals surface area (Å²) in [5.74, 6) is -0.448. The second kappa shape index (κ2) is 8.27. The zero-order valence-corrected chi connectivity index (χ0v) is 15.9. The van der Waals surface area contributed by atoms with Gasteiger partial charge in [0.25, 0.3) is 5.91 Å². The molecule has 3 aromatic rings. The molecular weight excluding hydrogens is 367 g/mol. The Hall–Kier alpha value is -3.47. The largest absolute Gasteiger partial charge is 0.326 e. The second-order valence-corrected chi connectivity index (χ2v) is 7.09. The van der Waals surface area contributed by atoms with Gasteiger partial charge in [-0.15, -0.1) is 0 Å². The zero-order chi connectivity index (χ0) is 20.2. The van der Waals surface area contributed by atoms with Crippen LogP contribution in [0, 0.1) is 5.82 Å². The molecule has 0 saturated heterocycles. The number of aryl methyl sites for hydroxylation is 1. The molecule has 0 atom stereocenters. The van der Waals surface area contributed by atoms with Crippen LogP contribution in [0.25, 0.3) is 0 Å². The maximum atomic E-state index is 12.9. The van der Waals surface area contributed by atoms with Crippen molar-refractivity contribution in [3.8, 4) is 0 Å². The van der Waals surface area contributed by atoms with Crippen LogP contribution in [0.2, 0.25) is 0 Å². The van der Waals surface area contributed by atoms with E-state index in [4.69, 9.17) is 0 Å². The minimum atomic E-state index is -0.287. The Morgan fingerprint density at radius 1 is 0.931 bits per heavy atom. The fraction of sp³-hybridized carbons (Fsp3) is 0.167. The maximum absolute atomic E-state index is 12.9. The van der Waals surface area contributed by atoms with E-state index in [9.17, 15) is 14.0 Å². The van der Waals surface area contributed by atoms with Gasteiger partial charge in [-0.3, -0.25) is 9.59 Å². The molecule has 5 heteroatoms. The van der Waals surface area contributed by atoms with E-state index in [2.05, 4.69) is 5.32 Å². The van der Waals surface area contributed by atoms with E-state index in [0.717, 1.165) is 17.7 Å². The molecule has 0 spiro atoms. The number of hydrogen-bond donors (Lipinski definition) is 1. The standard InChI is InChI=1S/C24H21FN2O2/c25-20-10-5-17(6-11-20)7-14-23(28)26-21-12-8-19(9-13-21)24(29)27-16-15-18-3-1-2-4-22(18)27/h1-6,8-13H,7,14-16H2,(H,26,28). The van der Waals surface area contributed by atoms with E-state index >= 15 is 0 Å². The molecule has 4 nitrogen and oxygen atoms in total. The Morgan fingerprint density at radius 2 is 1.66 bits per heavy atom. The summed E-state index contributed by atoms with van der Waals surface area (Å²) in [4.78, 5) is 26.8. The fourth-order valence-corrected chi connectivity index (χ4v) is 3.53. The summed E-state index contributed by atoms with van der Waals surface area (Å²) in [7, 11) is 0. The van der Waals surface area contributed by atoms with Crippen molar-refractivity contribution in [2.45, 2.75) is 19.3 Å². The van der Waals surface area contributed by atoms with Gasteiger partial charge in [-0.1, -0.05) is 30.3 Å². The minimum absolute atomic E-state index is 0.0378. The second-order valence-electron chi connectivity index (χ2n) is 7.09. The van der Waals surface area contributed by atoms with Crippen LogP contribution in [0.4, 0.5) is 15.8 Å². The van der Waals surface area contributed by atoms with Gasteiger partial charge < -0.3 is 10.2 Å². The molecule has 1 aliphatic rings. The Kier molecular flexibility index (Phi) is 5.38. The van der Waals surface area contributed by atoms with Gasteiger partial charge in [0.05, 0.1) is 0 Å².